The summed E-state index contributed by atoms with van der Waals surface area (Å²) in [6.07, 6.45) is 0. The highest BCUT2D eigenvalue weighted by Crippen LogP contribution is 2.21. The van der Waals surface area contributed by atoms with E-state index in [9.17, 15) is 14.4 Å². The van der Waals surface area contributed by atoms with Crippen LogP contribution in [0, 0.1) is 0 Å². The second-order valence-corrected chi connectivity index (χ2v) is 7.39. The summed E-state index contributed by atoms with van der Waals surface area (Å²) in [5, 5.41) is 0. The summed E-state index contributed by atoms with van der Waals surface area (Å²) in [4.78, 5) is 38.2. The molecule has 1 aromatic carbocycles. The Morgan fingerprint density at radius 3 is 2.19 bits per heavy atom. The summed E-state index contributed by atoms with van der Waals surface area (Å²) in [6.45, 7) is 9.37. The van der Waals surface area contributed by atoms with Crippen LogP contribution in [0.4, 0.5) is 0 Å². The summed E-state index contributed by atoms with van der Waals surface area (Å²) in [6, 6.07) is 7.52. The number of rotatable bonds is 5. The van der Waals surface area contributed by atoms with Crippen molar-refractivity contribution in [1.29, 1.82) is 0 Å². The van der Waals surface area contributed by atoms with E-state index in [4.69, 9.17) is 4.74 Å². The predicted molar refractivity (Wildman–Crippen MR) is 101 cm³/mol. The van der Waals surface area contributed by atoms with Crippen molar-refractivity contribution in [2.24, 2.45) is 0 Å². The molecule has 1 aromatic heterocycles. The summed E-state index contributed by atoms with van der Waals surface area (Å²) in [5.74, 6) is 0.610. The summed E-state index contributed by atoms with van der Waals surface area (Å²) in [5.41, 5.74) is -1.49. The molecule has 0 fully saturated rings. The maximum atomic E-state index is 12.9. The minimum Gasteiger partial charge on any atom is -0.497 e. The van der Waals surface area contributed by atoms with E-state index in [-0.39, 0.29) is 19.0 Å². The molecule has 0 aliphatic heterocycles. The van der Waals surface area contributed by atoms with E-state index >= 15 is 0 Å². The normalized spacial score (nSPS) is 12.8. The lowest BCUT2D eigenvalue weighted by molar-refractivity contribution is 0.317. The molecule has 0 spiro atoms. The van der Waals surface area contributed by atoms with Crippen LogP contribution in [-0.4, -0.2) is 20.8 Å². The molecule has 0 bridgehead atoms. The third-order valence-corrected chi connectivity index (χ3v) is 4.41. The molecule has 7 nitrogen and oxygen atoms in total. The first kappa shape index (κ1) is 19.8. The first-order valence-corrected chi connectivity index (χ1v) is 8.73. The number of ether oxygens (including phenoxy) is 1. The molecule has 1 unspecified atom stereocenters. The third-order valence-electron chi connectivity index (χ3n) is 4.41. The topological polar surface area (TPSA) is 75.2 Å². The van der Waals surface area contributed by atoms with Gasteiger partial charge in [0.1, 0.15) is 5.75 Å². The summed E-state index contributed by atoms with van der Waals surface area (Å²) in [7, 11) is 1.59. The Hall–Kier alpha value is -2.57. The number of hydrogen-bond donors (Lipinski definition) is 0. The second-order valence-electron chi connectivity index (χ2n) is 7.39. The van der Waals surface area contributed by atoms with E-state index in [1.807, 2.05) is 31.2 Å². The highest BCUT2D eigenvalue weighted by atomic mass is 16.5. The van der Waals surface area contributed by atoms with Crippen molar-refractivity contribution in [2.45, 2.75) is 59.2 Å². The van der Waals surface area contributed by atoms with E-state index in [1.165, 1.54) is 0 Å². The molecular formula is C19H27N3O4. The number of hydrogen-bond acceptors (Lipinski definition) is 4. The first-order valence-electron chi connectivity index (χ1n) is 8.73. The van der Waals surface area contributed by atoms with Gasteiger partial charge in [0.25, 0.3) is 0 Å². The SMILES string of the molecule is CCn1c(=O)n(CC(C)c2cccc(OC)c2)c(=O)n(C(C)(C)C)c1=O. The van der Waals surface area contributed by atoms with Gasteiger partial charge in [0, 0.05) is 18.6 Å². The second kappa shape index (κ2) is 7.35. The molecule has 0 radical (unpaired) electrons. The van der Waals surface area contributed by atoms with Gasteiger partial charge in [-0.25, -0.2) is 28.1 Å². The molecular weight excluding hydrogens is 334 g/mol. The average molecular weight is 361 g/mol. The molecule has 0 aliphatic rings. The van der Waals surface area contributed by atoms with Gasteiger partial charge in [-0.2, -0.15) is 0 Å². The molecule has 0 aliphatic carbocycles. The standard InChI is InChI=1S/C19H27N3O4/c1-7-20-16(23)21(18(25)22(17(20)24)19(3,4)5)12-13(2)14-9-8-10-15(11-14)26-6/h8-11,13H,7,12H2,1-6H3. The maximum absolute atomic E-state index is 12.9. The maximum Gasteiger partial charge on any atom is 0.336 e. The zero-order chi connectivity index (χ0) is 19.6. The van der Waals surface area contributed by atoms with Crippen LogP contribution in [-0.2, 0) is 18.6 Å². The number of benzene rings is 1. The first-order chi connectivity index (χ1) is 12.1. The zero-order valence-electron chi connectivity index (χ0n) is 16.3. The lowest BCUT2D eigenvalue weighted by atomic mass is 10.0. The molecule has 0 saturated heterocycles. The fourth-order valence-corrected chi connectivity index (χ4v) is 2.96. The highest BCUT2D eigenvalue weighted by Gasteiger charge is 2.24. The molecule has 0 N–H and O–H groups in total. The van der Waals surface area contributed by atoms with Crippen LogP contribution < -0.4 is 21.8 Å². The lowest BCUT2D eigenvalue weighted by Crippen LogP contribution is -2.58. The summed E-state index contributed by atoms with van der Waals surface area (Å²) >= 11 is 0. The van der Waals surface area contributed by atoms with Crippen LogP contribution in [0.2, 0.25) is 0 Å². The van der Waals surface area contributed by atoms with Gasteiger partial charge in [-0.15, -0.1) is 0 Å². The molecule has 2 aromatic rings. The largest absolute Gasteiger partial charge is 0.497 e. The van der Waals surface area contributed by atoms with Gasteiger partial charge in [0.2, 0.25) is 0 Å². The van der Waals surface area contributed by atoms with Crippen molar-refractivity contribution in [2.75, 3.05) is 7.11 Å². The molecule has 0 amide bonds. The Balaban J connectivity index is 2.61. The summed E-state index contributed by atoms with van der Waals surface area (Å²) < 4.78 is 8.64. The van der Waals surface area contributed by atoms with Crippen LogP contribution in [0.1, 0.15) is 46.1 Å². The molecule has 142 valence electrons. The number of nitrogens with zero attached hydrogens (tertiary/aromatic N) is 3. The average Bonchev–Trinajstić information content (AvgIpc) is 2.57. The van der Waals surface area contributed by atoms with E-state index in [0.29, 0.717) is 5.75 Å². The third kappa shape index (κ3) is 3.66. The van der Waals surface area contributed by atoms with Crippen LogP contribution in [0.15, 0.2) is 38.6 Å². The van der Waals surface area contributed by atoms with E-state index in [1.54, 1.807) is 34.8 Å². The van der Waals surface area contributed by atoms with Gasteiger partial charge in [-0.05, 0) is 51.3 Å². The fourth-order valence-electron chi connectivity index (χ4n) is 2.96. The van der Waals surface area contributed by atoms with Crippen LogP contribution in [0.25, 0.3) is 0 Å². The van der Waals surface area contributed by atoms with E-state index < -0.39 is 22.6 Å². The quantitative estimate of drug-likeness (QED) is 0.813. The molecule has 1 atom stereocenters. The van der Waals surface area contributed by atoms with Gasteiger partial charge < -0.3 is 4.74 Å². The Labute approximate surface area is 152 Å². The van der Waals surface area contributed by atoms with Gasteiger partial charge in [-0.3, -0.25) is 0 Å². The molecule has 26 heavy (non-hydrogen) atoms. The number of aromatic nitrogens is 3. The van der Waals surface area contributed by atoms with Crippen LogP contribution in [0.5, 0.6) is 5.75 Å². The van der Waals surface area contributed by atoms with Gasteiger partial charge in [0.05, 0.1) is 7.11 Å². The lowest BCUT2D eigenvalue weighted by Gasteiger charge is -2.24. The van der Waals surface area contributed by atoms with Crippen molar-refractivity contribution in [3.8, 4) is 5.75 Å². The van der Waals surface area contributed by atoms with E-state index in [0.717, 1.165) is 19.3 Å². The molecule has 7 heteroatoms. The minimum atomic E-state index is -0.722. The predicted octanol–water partition coefficient (Wildman–Crippen LogP) is 1.76. The van der Waals surface area contributed by atoms with Crippen molar-refractivity contribution >= 4 is 0 Å². The molecule has 0 saturated carbocycles. The Bertz CT molecular complexity index is 960. The van der Waals surface area contributed by atoms with Crippen LogP contribution in [0.3, 0.4) is 0 Å². The van der Waals surface area contributed by atoms with Crippen molar-refractivity contribution in [3.63, 3.8) is 0 Å². The fraction of sp³-hybridized carbons (Fsp3) is 0.526. The molecule has 2 rings (SSSR count). The van der Waals surface area contributed by atoms with Crippen LogP contribution >= 0.6 is 0 Å². The van der Waals surface area contributed by atoms with Gasteiger partial charge >= 0.3 is 17.1 Å². The zero-order valence-corrected chi connectivity index (χ0v) is 16.3. The van der Waals surface area contributed by atoms with Gasteiger partial charge in [-0.1, -0.05) is 19.1 Å². The minimum absolute atomic E-state index is 0.105. The Morgan fingerprint density at radius 1 is 1.04 bits per heavy atom. The van der Waals surface area contributed by atoms with Crippen molar-refractivity contribution in [1.82, 2.24) is 13.7 Å². The van der Waals surface area contributed by atoms with Crippen molar-refractivity contribution < 1.29 is 4.74 Å². The molecule has 1 heterocycles. The Morgan fingerprint density at radius 2 is 1.65 bits per heavy atom. The number of methoxy groups -OCH3 is 1. The Kier molecular flexibility index (Phi) is 5.59. The van der Waals surface area contributed by atoms with E-state index in [2.05, 4.69) is 0 Å². The van der Waals surface area contributed by atoms with Gasteiger partial charge in [0.15, 0.2) is 0 Å². The monoisotopic (exact) mass is 361 g/mol. The van der Waals surface area contributed by atoms with Crippen molar-refractivity contribution in [3.05, 3.63) is 61.3 Å². The highest BCUT2D eigenvalue weighted by molar-refractivity contribution is 5.30. The smallest absolute Gasteiger partial charge is 0.336 e.